The quantitative estimate of drug-likeness (QED) is 0.871. The van der Waals surface area contributed by atoms with Crippen molar-refractivity contribution in [3.8, 4) is 5.75 Å². The molecule has 1 aromatic rings. The van der Waals surface area contributed by atoms with Crippen LogP contribution in [0, 0.1) is 5.92 Å². The van der Waals surface area contributed by atoms with E-state index in [0.717, 1.165) is 18.2 Å². The maximum absolute atomic E-state index is 5.14. The molecule has 1 aliphatic carbocycles. The van der Waals surface area contributed by atoms with Crippen molar-refractivity contribution in [2.45, 2.75) is 38.8 Å². The van der Waals surface area contributed by atoms with Gasteiger partial charge < -0.3 is 10.1 Å². The van der Waals surface area contributed by atoms with Crippen LogP contribution in [0.25, 0.3) is 0 Å². The van der Waals surface area contributed by atoms with Crippen LogP contribution in [0.2, 0.25) is 0 Å². The van der Waals surface area contributed by atoms with Gasteiger partial charge in [-0.3, -0.25) is 0 Å². The summed E-state index contributed by atoms with van der Waals surface area (Å²) in [5.74, 6) is 1.83. The topological polar surface area (TPSA) is 21.3 Å². The second-order valence-corrected chi connectivity index (χ2v) is 4.71. The number of nitrogens with one attached hydrogen (secondary N) is 1. The molecular weight excluding hydrogens is 234 g/mol. The van der Waals surface area contributed by atoms with Crippen molar-refractivity contribution < 1.29 is 4.74 Å². The van der Waals surface area contributed by atoms with E-state index in [1.54, 1.807) is 7.11 Å². The minimum Gasteiger partial charge on any atom is -0.497 e. The normalized spacial score (nSPS) is 16.8. The van der Waals surface area contributed by atoms with Crippen molar-refractivity contribution in [3.05, 3.63) is 29.8 Å². The molecule has 17 heavy (non-hydrogen) atoms. The molecule has 1 N–H and O–H groups in total. The Morgan fingerprint density at radius 2 is 1.94 bits per heavy atom. The number of ether oxygens (including phenoxy) is 1. The van der Waals surface area contributed by atoms with Gasteiger partial charge in [0.05, 0.1) is 7.11 Å². The minimum atomic E-state index is 0. The van der Waals surface area contributed by atoms with Gasteiger partial charge in [-0.15, -0.1) is 12.4 Å². The first-order valence-electron chi connectivity index (χ1n) is 6.16. The standard InChI is InChI=1S/C14H21NO.ClH/c1-11(13-4-3-5-13)15-10-12-6-8-14(16-2)9-7-12;/h6-9,11,13,15H,3-5,10H2,1-2H3;1H/t11-;/m0./s1. The fourth-order valence-corrected chi connectivity index (χ4v) is 2.13. The molecular formula is C14H22ClNO. The Balaban J connectivity index is 0.00000144. The largest absolute Gasteiger partial charge is 0.497 e. The van der Waals surface area contributed by atoms with Crippen molar-refractivity contribution >= 4 is 12.4 Å². The third-order valence-electron chi connectivity index (χ3n) is 3.64. The van der Waals surface area contributed by atoms with Crippen LogP contribution in [0.1, 0.15) is 31.7 Å². The highest BCUT2D eigenvalue weighted by molar-refractivity contribution is 5.85. The summed E-state index contributed by atoms with van der Waals surface area (Å²) in [6.07, 6.45) is 4.22. The summed E-state index contributed by atoms with van der Waals surface area (Å²) in [4.78, 5) is 0. The molecule has 1 aliphatic rings. The Hall–Kier alpha value is -0.730. The maximum atomic E-state index is 5.14. The zero-order valence-corrected chi connectivity index (χ0v) is 11.4. The Morgan fingerprint density at radius 1 is 1.29 bits per heavy atom. The van der Waals surface area contributed by atoms with Gasteiger partial charge in [-0.05, 0) is 43.4 Å². The van der Waals surface area contributed by atoms with Crippen LogP contribution in [-0.4, -0.2) is 13.2 Å². The Kier molecular flexibility index (Phi) is 5.79. The first kappa shape index (κ1) is 14.3. The van der Waals surface area contributed by atoms with Crippen molar-refractivity contribution in [2.24, 2.45) is 5.92 Å². The highest BCUT2D eigenvalue weighted by Gasteiger charge is 2.23. The predicted molar refractivity (Wildman–Crippen MR) is 73.9 cm³/mol. The lowest BCUT2D eigenvalue weighted by atomic mass is 9.80. The monoisotopic (exact) mass is 255 g/mol. The van der Waals surface area contributed by atoms with E-state index in [-0.39, 0.29) is 12.4 Å². The van der Waals surface area contributed by atoms with Crippen molar-refractivity contribution in [3.63, 3.8) is 0 Å². The summed E-state index contributed by atoms with van der Waals surface area (Å²) < 4.78 is 5.14. The van der Waals surface area contributed by atoms with Gasteiger partial charge in [-0.2, -0.15) is 0 Å². The molecule has 0 saturated heterocycles. The zero-order valence-electron chi connectivity index (χ0n) is 10.6. The molecule has 0 radical (unpaired) electrons. The van der Waals surface area contributed by atoms with Gasteiger partial charge in [0, 0.05) is 12.6 Å². The van der Waals surface area contributed by atoms with Crippen LogP contribution in [-0.2, 0) is 6.54 Å². The molecule has 1 aromatic carbocycles. The lowest BCUT2D eigenvalue weighted by Gasteiger charge is -2.32. The summed E-state index contributed by atoms with van der Waals surface area (Å²) in [6, 6.07) is 8.94. The first-order chi connectivity index (χ1) is 7.79. The minimum absolute atomic E-state index is 0. The zero-order chi connectivity index (χ0) is 11.4. The van der Waals surface area contributed by atoms with Gasteiger partial charge >= 0.3 is 0 Å². The number of rotatable bonds is 5. The average molecular weight is 256 g/mol. The van der Waals surface area contributed by atoms with E-state index < -0.39 is 0 Å². The molecule has 0 unspecified atom stereocenters. The Bertz CT molecular complexity index is 321. The van der Waals surface area contributed by atoms with Gasteiger partial charge in [-0.1, -0.05) is 18.6 Å². The molecule has 2 nitrogen and oxygen atoms in total. The molecule has 0 aromatic heterocycles. The van der Waals surface area contributed by atoms with E-state index in [0.29, 0.717) is 6.04 Å². The molecule has 1 atom stereocenters. The van der Waals surface area contributed by atoms with Crippen LogP contribution < -0.4 is 10.1 Å². The van der Waals surface area contributed by atoms with Crippen molar-refractivity contribution in [1.29, 1.82) is 0 Å². The molecule has 96 valence electrons. The van der Waals surface area contributed by atoms with E-state index in [2.05, 4.69) is 24.4 Å². The van der Waals surface area contributed by atoms with Crippen LogP contribution in [0.4, 0.5) is 0 Å². The third kappa shape index (κ3) is 3.90. The second-order valence-electron chi connectivity index (χ2n) is 4.71. The SMILES string of the molecule is COc1ccc(CN[C@@H](C)C2CCC2)cc1.Cl. The lowest BCUT2D eigenvalue weighted by molar-refractivity contribution is 0.240. The predicted octanol–water partition coefficient (Wildman–Crippen LogP) is 3.40. The van der Waals surface area contributed by atoms with E-state index in [9.17, 15) is 0 Å². The summed E-state index contributed by atoms with van der Waals surface area (Å²) in [7, 11) is 1.70. The Morgan fingerprint density at radius 3 is 2.41 bits per heavy atom. The van der Waals surface area contributed by atoms with Gasteiger partial charge in [-0.25, -0.2) is 0 Å². The number of hydrogen-bond donors (Lipinski definition) is 1. The van der Waals surface area contributed by atoms with Crippen LogP contribution >= 0.6 is 12.4 Å². The van der Waals surface area contributed by atoms with E-state index in [1.165, 1.54) is 24.8 Å². The van der Waals surface area contributed by atoms with Gasteiger partial charge in [0.15, 0.2) is 0 Å². The summed E-state index contributed by atoms with van der Waals surface area (Å²) in [5, 5.41) is 3.60. The van der Waals surface area contributed by atoms with Crippen LogP contribution in [0.5, 0.6) is 5.75 Å². The van der Waals surface area contributed by atoms with E-state index in [4.69, 9.17) is 4.74 Å². The fraction of sp³-hybridized carbons (Fsp3) is 0.571. The highest BCUT2D eigenvalue weighted by Crippen LogP contribution is 2.29. The molecule has 2 rings (SSSR count). The van der Waals surface area contributed by atoms with Gasteiger partial charge in [0.1, 0.15) is 5.75 Å². The fourth-order valence-electron chi connectivity index (χ4n) is 2.13. The molecule has 0 spiro atoms. The molecule has 1 saturated carbocycles. The summed E-state index contributed by atoms with van der Waals surface area (Å²) >= 11 is 0. The smallest absolute Gasteiger partial charge is 0.118 e. The van der Waals surface area contributed by atoms with E-state index in [1.807, 2.05) is 12.1 Å². The number of hydrogen-bond acceptors (Lipinski definition) is 2. The lowest BCUT2D eigenvalue weighted by Crippen LogP contribution is -2.36. The molecule has 0 aliphatic heterocycles. The molecule has 1 fully saturated rings. The number of methoxy groups -OCH3 is 1. The molecule has 3 heteroatoms. The van der Waals surface area contributed by atoms with Gasteiger partial charge in [0.2, 0.25) is 0 Å². The maximum Gasteiger partial charge on any atom is 0.118 e. The van der Waals surface area contributed by atoms with Crippen LogP contribution in [0.15, 0.2) is 24.3 Å². The molecule has 0 heterocycles. The third-order valence-corrected chi connectivity index (χ3v) is 3.64. The van der Waals surface area contributed by atoms with E-state index >= 15 is 0 Å². The molecule has 0 bridgehead atoms. The van der Waals surface area contributed by atoms with Crippen LogP contribution in [0.3, 0.4) is 0 Å². The first-order valence-corrected chi connectivity index (χ1v) is 6.16. The van der Waals surface area contributed by atoms with Gasteiger partial charge in [0.25, 0.3) is 0 Å². The number of halogens is 1. The molecule has 0 amide bonds. The number of benzene rings is 1. The summed E-state index contributed by atoms with van der Waals surface area (Å²) in [6.45, 7) is 3.26. The van der Waals surface area contributed by atoms with Crippen molar-refractivity contribution in [1.82, 2.24) is 5.32 Å². The highest BCUT2D eigenvalue weighted by atomic mass is 35.5. The average Bonchev–Trinajstić information content (AvgIpc) is 2.25. The second kappa shape index (κ2) is 6.87. The Labute approximate surface area is 110 Å². The van der Waals surface area contributed by atoms with Crippen molar-refractivity contribution in [2.75, 3.05) is 7.11 Å². The summed E-state index contributed by atoms with van der Waals surface area (Å²) in [5.41, 5.74) is 1.33.